The number of esters is 1. The van der Waals surface area contributed by atoms with Gasteiger partial charge in [-0.25, -0.2) is 9.18 Å². The van der Waals surface area contributed by atoms with Crippen molar-refractivity contribution in [1.29, 1.82) is 0 Å². The van der Waals surface area contributed by atoms with Crippen molar-refractivity contribution in [1.82, 2.24) is 0 Å². The van der Waals surface area contributed by atoms with Gasteiger partial charge in [-0.3, -0.25) is 4.79 Å². The number of nitrogens with one attached hydrogen (secondary N) is 1. The number of carbonyl (C=O) groups excluding carboxylic acids is 2. The number of thiophene rings is 1. The number of benzene rings is 2. The Labute approximate surface area is 172 Å². The van der Waals surface area contributed by atoms with E-state index in [0.29, 0.717) is 27.4 Å². The molecule has 1 N–H and O–H groups in total. The van der Waals surface area contributed by atoms with E-state index in [9.17, 15) is 14.0 Å². The third kappa shape index (κ3) is 4.81. The molecule has 0 atom stereocenters. The maximum Gasteiger partial charge on any atom is 0.341 e. The highest BCUT2D eigenvalue weighted by atomic mass is 32.1. The molecule has 150 valence electrons. The summed E-state index contributed by atoms with van der Waals surface area (Å²) in [5.74, 6) is -0.649. The molecular weight excluding hydrogens is 393 g/mol. The molecule has 1 heterocycles. The number of carbonyl (C=O) groups is 2. The van der Waals surface area contributed by atoms with E-state index in [2.05, 4.69) is 5.32 Å². The minimum Gasteiger partial charge on any atom is -0.491 e. The molecule has 2 aromatic carbocycles. The van der Waals surface area contributed by atoms with E-state index in [4.69, 9.17) is 9.47 Å². The molecule has 0 saturated heterocycles. The third-order valence-corrected chi connectivity index (χ3v) is 4.95. The van der Waals surface area contributed by atoms with E-state index < -0.39 is 5.97 Å². The van der Waals surface area contributed by atoms with E-state index in [-0.39, 0.29) is 23.4 Å². The molecule has 29 heavy (non-hydrogen) atoms. The molecule has 0 aliphatic carbocycles. The van der Waals surface area contributed by atoms with Crippen LogP contribution in [0.2, 0.25) is 0 Å². The van der Waals surface area contributed by atoms with Crippen molar-refractivity contribution in [3.8, 4) is 16.9 Å². The molecule has 0 spiro atoms. The van der Waals surface area contributed by atoms with Crippen LogP contribution in [-0.2, 0) is 4.74 Å². The predicted octanol–water partition coefficient (Wildman–Crippen LogP) is 5.38. The molecule has 5 nitrogen and oxygen atoms in total. The van der Waals surface area contributed by atoms with E-state index in [0.717, 1.165) is 0 Å². The van der Waals surface area contributed by atoms with Crippen LogP contribution in [0.1, 0.15) is 34.6 Å². The summed E-state index contributed by atoms with van der Waals surface area (Å²) >= 11 is 1.20. The Morgan fingerprint density at radius 3 is 2.28 bits per heavy atom. The van der Waals surface area contributed by atoms with Gasteiger partial charge in [0.2, 0.25) is 0 Å². The summed E-state index contributed by atoms with van der Waals surface area (Å²) in [6.07, 6.45) is 0.0355. The van der Waals surface area contributed by atoms with Gasteiger partial charge in [-0.1, -0.05) is 12.1 Å². The number of halogens is 1. The molecular formula is C22H20FNO4S. The van der Waals surface area contributed by atoms with Crippen LogP contribution in [0.25, 0.3) is 11.1 Å². The van der Waals surface area contributed by atoms with Gasteiger partial charge in [0.25, 0.3) is 5.91 Å². The average molecular weight is 413 g/mol. The molecule has 0 aliphatic heterocycles. The SMILES string of the molecule is COC(=O)c1c(-c2ccc(F)cc2)csc1NC(=O)c1ccc(OC(C)C)cc1. The molecule has 0 saturated carbocycles. The van der Waals surface area contributed by atoms with Gasteiger partial charge in [-0.05, 0) is 55.8 Å². The summed E-state index contributed by atoms with van der Waals surface area (Å²) in [5, 5.41) is 4.86. The summed E-state index contributed by atoms with van der Waals surface area (Å²) in [6.45, 7) is 3.84. The fourth-order valence-corrected chi connectivity index (χ4v) is 3.68. The third-order valence-electron chi connectivity index (χ3n) is 4.05. The maximum atomic E-state index is 13.2. The van der Waals surface area contributed by atoms with Crippen LogP contribution >= 0.6 is 11.3 Å². The molecule has 3 aromatic rings. The molecule has 7 heteroatoms. The molecule has 0 fully saturated rings. The minimum absolute atomic E-state index is 0.0355. The highest BCUT2D eigenvalue weighted by molar-refractivity contribution is 7.15. The largest absolute Gasteiger partial charge is 0.491 e. The molecule has 0 bridgehead atoms. The van der Waals surface area contributed by atoms with Crippen molar-refractivity contribution in [3.63, 3.8) is 0 Å². The Morgan fingerprint density at radius 2 is 1.69 bits per heavy atom. The molecule has 0 radical (unpaired) electrons. The zero-order chi connectivity index (χ0) is 21.0. The summed E-state index contributed by atoms with van der Waals surface area (Å²) < 4.78 is 23.7. The first kappa shape index (κ1) is 20.5. The minimum atomic E-state index is -0.582. The van der Waals surface area contributed by atoms with Gasteiger partial charge >= 0.3 is 5.97 Å². The fourth-order valence-electron chi connectivity index (χ4n) is 2.73. The number of hydrogen-bond donors (Lipinski definition) is 1. The standard InChI is InChI=1S/C22H20FNO4S/c1-13(2)28-17-10-6-15(7-11-17)20(25)24-21-19(22(26)27-3)18(12-29-21)14-4-8-16(23)9-5-14/h4-13H,1-3H3,(H,24,25). The monoisotopic (exact) mass is 413 g/mol. The van der Waals surface area contributed by atoms with Crippen molar-refractivity contribution in [2.75, 3.05) is 12.4 Å². The second-order valence-electron chi connectivity index (χ2n) is 6.50. The molecule has 1 amide bonds. The molecule has 0 aliphatic rings. The zero-order valence-electron chi connectivity index (χ0n) is 16.2. The first-order chi connectivity index (χ1) is 13.9. The van der Waals surface area contributed by atoms with E-state index in [1.165, 1.54) is 30.6 Å². The number of methoxy groups -OCH3 is 1. The Morgan fingerprint density at radius 1 is 1.03 bits per heavy atom. The van der Waals surface area contributed by atoms with Gasteiger partial charge in [0.15, 0.2) is 0 Å². The van der Waals surface area contributed by atoms with Crippen molar-refractivity contribution < 1.29 is 23.5 Å². The van der Waals surface area contributed by atoms with Gasteiger partial charge < -0.3 is 14.8 Å². The lowest BCUT2D eigenvalue weighted by Crippen LogP contribution is -2.14. The number of ether oxygens (including phenoxy) is 2. The Bertz CT molecular complexity index is 1010. The van der Waals surface area contributed by atoms with E-state index >= 15 is 0 Å². The number of anilines is 1. The second kappa shape index (κ2) is 8.87. The summed E-state index contributed by atoms with van der Waals surface area (Å²) in [6, 6.07) is 12.5. The highest BCUT2D eigenvalue weighted by Crippen LogP contribution is 2.36. The summed E-state index contributed by atoms with van der Waals surface area (Å²) in [7, 11) is 1.27. The lowest BCUT2D eigenvalue weighted by atomic mass is 10.0. The lowest BCUT2D eigenvalue weighted by molar-refractivity contribution is 0.0603. The van der Waals surface area contributed by atoms with Crippen molar-refractivity contribution in [3.05, 3.63) is 70.9 Å². The number of rotatable bonds is 6. The number of amides is 1. The molecule has 3 rings (SSSR count). The van der Waals surface area contributed by atoms with Crippen LogP contribution in [0.5, 0.6) is 5.75 Å². The van der Waals surface area contributed by atoms with Crippen molar-refractivity contribution in [2.24, 2.45) is 0 Å². The first-order valence-electron chi connectivity index (χ1n) is 8.93. The maximum absolute atomic E-state index is 13.2. The van der Waals surface area contributed by atoms with Gasteiger partial charge in [0, 0.05) is 16.5 Å². The first-order valence-corrected chi connectivity index (χ1v) is 9.81. The zero-order valence-corrected chi connectivity index (χ0v) is 17.0. The fraction of sp³-hybridized carbons (Fsp3) is 0.182. The van der Waals surface area contributed by atoms with Crippen LogP contribution in [-0.4, -0.2) is 25.1 Å². The van der Waals surface area contributed by atoms with Crippen LogP contribution in [0.3, 0.4) is 0 Å². The van der Waals surface area contributed by atoms with E-state index in [1.807, 2.05) is 13.8 Å². The average Bonchev–Trinajstić information content (AvgIpc) is 3.11. The highest BCUT2D eigenvalue weighted by Gasteiger charge is 2.22. The topological polar surface area (TPSA) is 64.6 Å². The van der Waals surface area contributed by atoms with E-state index in [1.54, 1.807) is 41.8 Å². The normalized spacial score (nSPS) is 10.7. The van der Waals surface area contributed by atoms with Gasteiger partial charge in [0.05, 0.1) is 13.2 Å². The van der Waals surface area contributed by atoms with Crippen molar-refractivity contribution in [2.45, 2.75) is 20.0 Å². The second-order valence-corrected chi connectivity index (χ2v) is 7.38. The van der Waals surface area contributed by atoms with Gasteiger partial charge in [-0.15, -0.1) is 11.3 Å². The van der Waals surface area contributed by atoms with Crippen LogP contribution in [0, 0.1) is 5.82 Å². The molecule has 1 aromatic heterocycles. The summed E-state index contributed by atoms with van der Waals surface area (Å²) in [5.41, 5.74) is 1.88. The van der Waals surface area contributed by atoms with Crippen LogP contribution in [0.4, 0.5) is 9.39 Å². The van der Waals surface area contributed by atoms with Gasteiger partial charge in [0.1, 0.15) is 22.1 Å². The van der Waals surface area contributed by atoms with Gasteiger partial charge in [-0.2, -0.15) is 0 Å². The Kier molecular flexibility index (Phi) is 6.29. The van der Waals surface area contributed by atoms with Crippen molar-refractivity contribution >= 4 is 28.2 Å². The quantitative estimate of drug-likeness (QED) is 0.551. The predicted molar refractivity (Wildman–Crippen MR) is 111 cm³/mol. The number of hydrogen-bond acceptors (Lipinski definition) is 5. The summed E-state index contributed by atoms with van der Waals surface area (Å²) in [4.78, 5) is 25.0. The van der Waals surface area contributed by atoms with Crippen LogP contribution in [0.15, 0.2) is 53.9 Å². The smallest absolute Gasteiger partial charge is 0.341 e. The molecule has 0 unspecified atom stereocenters. The Balaban J connectivity index is 1.87. The van der Waals surface area contributed by atoms with Crippen LogP contribution < -0.4 is 10.1 Å². The Hall–Kier alpha value is -3.19. The lowest BCUT2D eigenvalue weighted by Gasteiger charge is -2.10.